The number of rotatable bonds is 10. The van der Waals surface area contributed by atoms with Crippen molar-refractivity contribution in [3.05, 3.63) is 29.8 Å². The predicted molar refractivity (Wildman–Crippen MR) is 87.0 cm³/mol. The molecule has 2 N–H and O–H groups in total. The number of hydrogen-bond donors (Lipinski definition) is 2. The van der Waals surface area contributed by atoms with Crippen LogP contribution in [0.5, 0.6) is 0 Å². The summed E-state index contributed by atoms with van der Waals surface area (Å²) in [5.41, 5.74) is 1.88. The number of nitrogens with one attached hydrogen (secondary N) is 2. The second-order valence-electron chi connectivity index (χ2n) is 5.74. The van der Waals surface area contributed by atoms with Crippen molar-refractivity contribution in [2.45, 2.75) is 32.3 Å². The second kappa shape index (κ2) is 9.43. The third kappa shape index (κ3) is 6.91. The third-order valence-electron chi connectivity index (χ3n) is 3.56. The van der Waals surface area contributed by atoms with Gasteiger partial charge in [0.05, 0.1) is 6.61 Å². The molecule has 1 aliphatic carbocycles. The van der Waals surface area contributed by atoms with E-state index in [0.717, 1.165) is 43.2 Å². The Kier molecular flexibility index (Phi) is 7.19. The number of carbonyl (C=O) groups excluding carboxylic acids is 1. The molecule has 22 heavy (non-hydrogen) atoms. The Morgan fingerprint density at radius 1 is 1.32 bits per heavy atom. The molecule has 2 amide bonds. The first kappa shape index (κ1) is 16.8. The highest BCUT2D eigenvalue weighted by Crippen LogP contribution is 2.29. The van der Waals surface area contributed by atoms with Crippen molar-refractivity contribution >= 4 is 11.7 Å². The average Bonchev–Trinajstić information content (AvgIpc) is 3.32. The molecule has 5 nitrogen and oxygen atoms in total. The number of carbonyl (C=O) groups is 1. The predicted octanol–water partition coefficient (Wildman–Crippen LogP) is 3.16. The molecule has 0 bridgehead atoms. The molecule has 2 rings (SSSR count). The van der Waals surface area contributed by atoms with Crippen molar-refractivity contribution in [1.29, 1.82) is 0 Å². The third-order valence-corrected chi connectivity index (χ3v) is 3.56. The second-order valence-corrected chi connectivity index (χ2v) is 5.74. The Bertz CT molecular complexity index is 461. The van der Waals surface area contributed by atoms with Gasteiger partial charge >= 0.3 is 6.03 Å². The van der Waals surface area contributed by atoms with E-state index in [-0.39, 0.29) is 6.03 Å². The van der Waals surface area contributed by atoms with Crippen LogP contribution < -0.4 is 10.6 Å². The van der Waals surface area contributed by atoms with E-state index in [1.807, 2.05) is 24.3 Å². The van der Waals surface area contributed by atoms with Gasteiger partial charge in [0, 0.05) is 32.6 Å². The fourth-order valence-electron chi connectivity index (χ4n) is 2.12. The largest absolute Gasteiger partial charge is 0.385 e. The molecule has 1 aromatic rings. The fraction of sp³-hybridized carbons (Fsp3) is 0.588. The quantitative estimate of drug-likeness (QED) is 0.653. The van der Waals surface area contributed by atoms with Gasteiger partial charge in [-0.25, -0.2) is 4.79 Å². The molecule has 0 atom stereocenters. The lowest BCUT2D eigenvalue weighted by Crippen LogP contribution is -2.29. The van der Waals surface area contributed by atoms with E-state index < -0.39 is 0 Å². The first-order valence-corrected chi connectivity index (χ1v) is 7.98. The highest BCUT2D eigenvalue weighted by atomic mass is 16.5. The smallest absolute Gasteiger partial charge is 0.319 e. The molecule has 0 spiro atoms. The van der Waals surface area contributed by atoms with E-state index in [1.54, 1.807) is 7.11 Å². The summed E-state index contributed by atoms with van der Waals surface area (Å²) >= 11 is 0. The molecule has 0 unspecified atom stereocenters. The summed E-state index contributed by atoms with van der Waals surface area (Å²) < 4.78 is 10.6. The molecular weight excluding hydrogens is 280 g/mol. The Morgan fingerprint density at radius 2 is 2.18 bits per heavy atom. The number of anilines is 1. The molecule has 0 radical (unpaired) electrons. The Hall–Kier alpha value is -1.59. The molecule has 0 heterocycles. The van der Waals surface area contributed by atoms with E-state index in [4.69, 9.17) is 9.47 Å². The number of methoxy groups -OCH3 is 1. The highest BCUT2D eigenvalue weighted by Gasteiger charge is 2.20. The van der Waals surface area contributed by atoms with Gasteiger partial charge in [-0.1, -0.05) is 12.1 Å². The van der Waals surface area contributed by atoms with Crippen LogP contribution in [0, 0.1) is 5.92 Å². The minimum atomic E-state index is -0.173. The van der Waals surface area contributed by atoms with Crippen molar-refractivity contribution in [3.63, 3.8) is 0 Å². The summed E-state index contributed by atoms with van der Waals surface area (Å²) in [6, 6.07) is 7.62. The van der Waals surface area contributed by atoms with Crippen molar-refractivity contribution in [3.8, 4) is 0 Å². The lowest BCUT2D eigenvalue weighted by atomic mass is 10.2. The summed E-state index contributed by atoms with van der Waals surface area (Å²) in [7, 11) is 1.68. The lowest BCUT2D eigenvalue weighted by molar-refractivity contribution is 0.111. The van der Waals surface area contributed by atoms with Gasteiger partial charge < -0.3 is 20.1 Å². The van der Waals surface area contributed by atoms with Crippen LogP contribution in [0.15, 0.2) is 24.3 Å². The molecule has 0 aliphatic heterocycles. The molecular formula is C17H26N2O3. The molecule has 1 fully saturated rings. The minimum Gasteiger partial charge on any atom is -0.385 e. The number of unbranched alkanes of at least 4 members (excludes halogenated alkanes) is 1. The summed E-state index contributed by atoms with van der Waals surface area (Å²) in [5.74, 6) is 0.769. The zero-order chi connectivity index (χ0) is 15.6. The zero-order valence-corrected chi connectivity index (χ0v) is 13.3. The maximum atomic E-state index is 11.8. The number of urea groups is 1. The molecule has 0 aromatic heterocycles. The lowest BCUT2D eigenvalue weighted by Gasteiger charge is -2.09. The van der Waals surface area contributed by atoms with Gasteiger partial charge in [-0.05, 0) is 49.3 Å². The summed E-state index contributed by atoms with van der Waals surface area (Å²) in [4.78, 5) is 11.8. The normalized spacial score (nSPS) is 13.9. The van der Waals surface area contributed by atoms with E-state index in [1.165, 1.54) is 12.8 Å². The maximum absolute atomic E-state index is 11.8. The average molecular weight is 306 g/mol. The van der Waals surface area contributed by atoms with E-state index in [2.05, 4.69) is 10.6 Å². The Balaban J connectivity index is 1.66. The standard InChI is InChI=1S/C17H26N2O3/c1-21-10-3-2-9-18-17(20)19-16-6-4-5-15(11-16)13-22-12-14-7-8-14/h4-6,11,14H,2-3,7-10,12-13H2,1H3,(H2,18,19,20). The molecule has 1 aromatic carbocycles. The van der Waals surface area contributed by atoms with Gasteiger partial charge in [0.2, 0.25) is 0 Å². The summed E-state index contributed by atoms with van der Waals surface area (Å²) in [6.07, 6.45) is 4.46. The van der Waals surface area contributed by atoms with Crippen molar-refractivity contribution < 1.29 is 14.3 Å². The highest BCUT2D eigenvalue weighted by molar-refractivity contribution is 5.89. The van der Waals surface area contributed by atoms with Crippen LogP contribution >= 0.6 is 0 Å². The first-order valence-electron chi connectivity index (χ1n) is 7.98. The van der Waals surface area contributed by atoms with Crippen LogP contribution in [-0.2, 0) is 16.1 Å². The minimum absolute atomic E-state index is 0.173. The molecule has 0 saturated heterocycles. The van der Waals surface area contributed by atoms with Crippen LogP contribution in [0.4, 0.5) is 10.5 Å². The van der Waals surface area contributed by atoms with Gasteiger partial charge in [-0.2, -0.15) is 0 Å². The van der Waals surface area contributed by atoms with Crippen molar-refractivity contribution in [2.24, 2.45) is 5.92 Å². The fourth-order valence-corrected chi connectivity index (χ4v) is 2.12. The first-order chi connectivity index (χ1) is 10.8. The van der Waals surface area contributed by atoms with Gasteiger partial charge in [-0.3, -0.25) is 0 Å². The SMILES string of the molecule is COCCCCNC(=O)Nc1cccc(COCC2CC2)c1. The Morgan fingerprint density at radius 3 is 2.95 bits per heavy atom. The van der Waals surface area contributed by atoms with E-state index in [0.29, 0.717) is 13.2 Å². The van der Waals surface area contributed by atoms with E-state index in [9.17, 15) is 4.79 Å². The summed E-state index contributed by atoms with van der Waals surface area (Å²) in [6.45, 7) is 2.83. The van der Waals surface area contributed by atoms with E-state index >= 15 is 0 Å². The topological polar surface area (TPSA) is 59.6 Å². The molecule has 5 heteroatoms. The van der Waals surface area contributed by atoms with Gasteiger partial charge in [-0.15, -0.1) is 0 Å². The van der Waals surface area contributed by atoms with Gasteiger partial charge in [0.1, 0.15) is 0 Å². The Labute approximate surface area is 132 Å². The van der Waals surface area contributed by atoms with Crippen molar-refractivity contribution in [2.75, 3.05) is 32.2 Å². The maximum Gasteiger partial charge on any atom is 0.319 e. The monoisotopic (exact) mass is 306 g/mol. The molecule has 1 saturated carbocycles. The van der Waals surface area contributed by atoms with Crippen LogP contribution in [0.3, 0.4) is 0 Å². The van der Waals surface area contributed by atoms with Gasteiger partial charge in [0.15, 0.2) is 0 Å². The number of amides is 2. The van der Waals surface area contributed by atoms with Gasteiger partial charge in [0.25, 0.3) is 0 Å². The van der Waals surface area contributed by atoms with Crippen LogP contribution in [0.1, 0.15) is 31.2 Å². The molecule has 122 valence electrons. The van der Waals surface area contributed by atoms with Crippen LogP contribution in [0.25, 0.3) is 0 Å². The number of hydrogen-bond acceptors (Lipinski definition) is 3. The van der Waals surface area contributed by atoms with Crippen LogP contribution in [-0.4, -0.2) is 32.9 Å². The summed E-state index contributed by atoms with van der Waals surface area (Å²) in [5, 5.41) is 5.69. The van der Waals surface area contributed by atoms with Crippen LogP contribution in [0.2, 0.25) is 0 Å². The zero-order valence-electron chi connectivity index (χ0n) is 13.3. The molecule has 1 aliphatic rings. The number of ether oxygens (including phenoxy) is 2. The number of benzene rings is 1. The van der Waals surface area contributed by atoms with Crippen molar-refractivity contribution in [1.82, 2.24) is 5.32 Å².